The second-order valence-electron chi connectivity index (χ2n) is 3.97. The summed E-state index contributed by atoms with van der Waals surface area (Å²) in [5, 5.41) is 3.27. The number of hydrogen-bond acceptors (Lipinski definition) is 3. The number of ether oxygens (including phenoxy) is 1. The fourth-order valence-electron chi connectivity index (χ4n) is 1.88. The van der Waals surface area contributed by atoms with Gasteiger partial charge in [0.1, 0.15) is 5.82 Å². The lowest BCUT2D eigenvalue weighted by atomic mass is 10.2. The molecule has 1 aromatic rings. The highest BCUT2D eigenvalue weighted by Gasteiger charge is 2.17. The number of H-pyrrole nitrogens is 1. The van der Waals surface area contributed by atoms with Crippen LogP contribution in [0.3, 0.4) is 0 Å². The van der Waals surface area contributed by atoms with Crippen molar-refractivity contribution in [3.63, 3.8) is 0 Å². The van der Waals surface area contributed by atoms with E-state index in [2.05, 4.69) is 22.2 Å². The molecule has 0 radical (unpaired) electrons. The minimum atomic E-state index is 0.378. The predicted octanol–water partition coefficient (Wildman–Crippen LogP) is 1.24. The molecule has 0 spiro atoms. The van der Waals surface area contributed by atoms with Crippen molar-refractivity contribution in [2.24, 2.45) is 0 Å². The maximum absolute atomic E-state index is 5.57. The number of hydrogen-bond donors (Lipinski definition) is 2. The highest BCUT2D eigenvalue weighted by molar-refractivity contribution is 5.02. The van der Waals surface area contributed by atoms with E-state index in [1.54, 1.807) is 0 Å². The maximum atomic E-state index is 5.57. The summed E-state index contributed by atoms with van der Waals surface area (Å²) < 4.78 is 5.57. The summed E-state index contributed by atoms with van der Waals surface area (Å²) in [5.41, 5.74) is 1.16. The minimum absolute atomic E-state index is 0.378. The first-order valence-electron chi connectivity index (χ1n) is 5.73. The van der Waals surface area contributed by atoms with Crippen LogP contribution in [0, 0.1) is 0 Å². The molecule has 84 valence electrons. The van der Waals surface area contributed by atoms with Crippen LogP contribution in [0.5, 0.6) is 0 Å². The average Bonchev–Trinajstić information content (AvgIpc) is 2.87. The molecule has 4 heteroatoms. The van der Waals surface area contributed by atoms with Gasteiger partial charge < -0.3 is 15.0 Å². The van der Waals surface area contributed by atoms with Crippen LogP contribution in [0.25, 0.3) is 0 Å². The fraction of sp³-hybridized carbons (Fsp3) is 0.727. The molecular formula is C11H19N3O. The van der Waals surface area contributed by atoms with Crippen LogP contribution in [-0.2, 0) is 17.7 Å². The minimum Gasteiger partial charge on any atom is -0.378 e. The molecule has 0 aliphatic carbocycles. The monoisotopic (exact) mass is 209 g/mol. The van der Waals surface area contributed by atoms with Crippen LogP contribution in [0.15, 0.2) is 6.20 Å². The van der Waals surface area contributed by atoms with E-state index in [0.717, 1.165) is 37.6 Å². The van der Waals surface area contributed by atoms with E-state index in [4.69, 9.17) is 4.74 Å². The molecule has 2 heterocycles. The Morgan fingerprint density at radius 1 is 1.67 bits per heavy atom. The molecule has 1 aliphatic rings. The van der Waals surface area contributed by atoms with Crippen molar-refractivity contribution in [2.75, 3.05) is 13.2 Å². The number of nitrogens with one attached hydrogen (secondary N) is 2. The van der Waals surface area contributed by atoms with Gasteiger partial charge in [0.05, 0.1) is 6.10 Å². The first kappa shape index (κ1) is 10.6. The van der Waals surface area contributed by atoms with E-state index >= 15 is 0 Å². The normalized spacial score (nSPS) is 21.0. The Morgan fingerprint density at radius 2 is 2.60 bits per heavy atom. The van der Waals surface area contributed by atoms with Crippen molar-refractivity contribution in [3.8, 4) is 0 Å². The molecule has 2 rings (SSSR count). The van der Waals surface area contributed by atoms with Gasteiger partial charge in [-0.1, -0.05) is 6.92 Å². The summed E-state index contributed by atoms with van der Waals surface area (Å²) in [5.74, 6) is 1.05. The summed E-state index contributed by atoms with van der Waals surface area (Å²) in [7, 11) is 0. The second-order valence-corrected chi connectivity index (χ2v) is 3.97. The van der Waals surface area contributed by atoms with Crippen molar-refractivity contribution in [3.05, 3.63) is 17.7 Å². The zero-order valence-corrected chi connectivity index (χ0v) is 9.25. The highest BCUT2D eigenvalue weighted by atomic mass is 16.5. The number of imidazole rings is 1. The molecule has 1 aliphatic heterocycles. The van der Waals surface area contributed by atoms with Crippen LogP contribution < -0.4 is 5.32 Å². The molecule has 1 aromatic heterocycles. The van der Waals surface area contributed by atoms with Gasteiger partial charge in [-0.25, -0.2) is 4.98 Å². The lowest BCUT2D eigenvalue weighted by molar-refractivity contribution is 0.110. The molecule has 15 heavy (non-hydrogen) atoms. The molecule has 4 nitrogen and oxygen atoms in total. The Balaban J connectivity index is 1.83. The zero-order valence-electron chi connectivity index (χ0n) is 9.25. The second kappa shape index (κ2) is 5.28. The SMILES string of the molecule is CCNCc1cnc(CC2CCCO2)[nH]1. The number of aromatic amines is 1. The van der Waals surface area contributed by atoms with Crippen LogP contribution in [-0.4, -0.2) is 29.2 Å². The topological polar surface area (TPSA) is 49.9 Å². The largest absolute Gasteiger partial charge is 0.378 e. The Morgan fingerprint density at radius 3 is 3.33 bits per heavy atom. The quantitative estimate of drug-likeness (QED) is 0.767. The Bertz CT molecular complexity index is 292. The van der Waals surface area contributed by atoms with Crippen molar-refractivity contribution < 1.29 is 4.74 Å². The number of nitrogens with zero attached hydrogens (tertiary/aromatic N) is 1. The molecule has 1 fully saturated rings. The van der Waals surface area contributed by atoms with E-state index in [0.29, 0.717) is 6.10 Å². The van der Waals surface area contributed by atoms with Crippen molar-refractivity contribution in [2.45, 2.75) is 38.8 Å². The van der Waals surface area contributed by atoms with Gasteiger partial charge in [0.15, 0.2) is 0 Å². The summed E-state index contributed by atoms with van der Waals surface area (Å²) in [6.45, 7) is 4.87. The zero-order chi connectivity index (χ0) is 10.5. The van der Waals surface area contributed by atoms with E-state index in [1.807, 2.05) is 6.20 Å². The van der Waals surface area contributed by atoms with E-state index < -0.39 is 0 Å². The molecule has 0 amide bonds. The van der Waals surface area contributed by atoms with Gasteiger partial charge in [-0.05, 0) is 19.4 Å². The van der Waals surface area contributed by atoms with E-state index in [1.165, 1.54) is 12.8 Å². The molecule has 1 saturated heterocycles. The molecule has 0 bridgehead atoms. The van der Waals surface area contributed by atoms with Gasteiger partial charge >= 0.3 is 0 Å². The van der Waals surface area contributed by atoms with E-state index in [-0.39, 0.29) is 0 Å². The standard InChI is InChI=1S/C11H19N3O/c1-2-12-7-9-8-13-11(14-9)6-10-4-3-5-15-10/h8,10,12H,2-7H2,1H3,(H,13,14). The fourth-order valence-corrected chi connectivity index (χ4v) is 1.88. The van der Waals surface area contributed by atoms with Gasteiger partial charge in [-0.3, -0.25) is 0 Å². The lowest BCUT2D eigenvalue weighted by Gasteiger charge is -2.05. The van der Waals surface area contributed by atoms with Gasteiger partial charge in [0, 0.05) is 31.5 Å². The van der Waals surface area contributed by atoms with Crippen molar-refractivity contribution in [1.29, 1.82) is 0 Å². The van der Waals surface area contributed by atoms with Gasteiger partial charge in [-0.15, -0.1) is 0 Å². The first-order valence-corrected chi connectivity index (χ1v) is 5.73. The Labute approximate surface area is 90.4 Å². The van der Waals surface area contributed by atoms with E-state index in [9.17, 15) is 0 Å². The van der Waals surface area contributed by atoms with Crippen LogP contribution in [0.1, 0.15) is 31.3 Å². The van der Waals surface area contributed by atoms with Crippen LogP contribution in [0.2, 0.25) is 0 Å². The maximum Gasteiger partial charge on any atom is 0.108 e. The van der Waals surface area contributed by atoms with Gasteiger partial charge in [0.2, 0.25) is 0 Å². The Kier molecular flexibility index (Phi) is 3.75. The van der Waals surface area contributed by atoms with Crippen LogP contribution in [0.4, 0.5) is 0 Å². The predicted molar refractivity (Wildman–Crippen MR) is 58.6 cm³/mol. The summed E-state index contributed by atoms with van der Waals surface area (Å²) in [6.07, 6.45) is 5.57. The molecule has 0 aromatic carbocycles. The number of aromatic nitrogens is 2. The smallest absolute Gasteiger partial charge is 0.108 e. The lowest BCUT2D eigenvalue weighted by Crippen LogP contribution is -2.12. The van der Waals surface area contributed by atoms with Crippen molar-refractivity contribution in [1.82, 2.24) is 15.3 Å². The van der Waals surface area contributed by atoms with Gasteiger partial charge in [0.25, 0.3) is 0 Å². The molecule has 1 atom stereocenters. The first-order chi connectivity index (χ1) is 7.38. The average molecular weight is 209 g/mol. The third-order valence-electron chi connectivity index (χ3n) is 2.69. The van der Waals surface area contributed by atoms with Crippen LogP contribution >= 0.6 is 0 Å². The third kappa shape index (κ3) is 3.04. The number of rotatable bonds is 5. The summed E-state index contributed by atoms with van der Waals surface area (Å²) in [4.78, 5) is 7.68. The molecule has 1 unspecified atom stereocenters. The van der Waals surface area contributed by atoms with Crippen molar-refractivity contribution >= 4 is 0 Å². The molecular weight excluding hydrogens is 190 g/mol. The highest BCUT2D eigenvalue weighted by Crippen LogP contribution is 2.15. The van der Waals surface area contributed by atoms with Gasteiger partial charge in [-0.2, -0.15) is 0 Å². The Hall–Kier alpha value is -0.870. The molecule has 2 N–H and O–H groups in total. The summed E-state index contributed by atoms with van der Waals surface area (Å²) >= 11 is 0. The summed E-state index contributed by atoms with van der Waals surface area (Å²) in [6, 6.07) is 0. The third-order valence-corrected chi connectivity index (χ3v) is 2.69. The molecule has 0 saturated carbocycles.